The van der Waals surface area contributed by atoms with Crippen molar-refractivity contribution in [3.63, 3.8) is 0 Å². The molecule has 4 nitrogen and oxygen atoms in total. The van der Waals surface area contributed by atoms with E-state index in [1.165, 1.54) is 12.1 Å². The fourth-order valence-corrected chi connectivity index (χ4v) is 3.66. The Morgan fingerprint density at radius 3 is 2.41 bits per heavy atom. The number of sulfone groups is 1. The highest BCUT2D eigenvalue weighted by Gasteiger charge is 2.32. The first-order valence-corrected chi connectivity index (χ1v) is 8.89. The van der Waals surface area contributed by atoms with Gasteiger partial charge in [0, 0.05) is 32.7 Å². The van der Waals surface area contributed by atoms with Gasteiger partial charge in [0.2, 0.25) is 0 Å². The molecule has 0 radical (unpaired) electrons. The number of rotatable bonds is 5. The summed E-state index contributed by atoms with van der Waals surface area (Å²) in [5.74, 6) is 0.313. The smallest absolute Gasteiger partial charge is 0.311 e. The first-order chi connectivity index (χ1) is 10.3. The molecule has 0 aromatic heterocycles. The molecule has 8 heteroatoms. The molecule has 1 fully saturated rings. The zero-order chi connectivity index (χ0) is 16.2. The van der Waals surface area contributed by atoms with Gasteiger partial charge >= 0.3 is 6.18 Å². The van der Waals surface area contributed by atoms with E-state index in [1.54, 1.807) is 6.07 Å². The van der Waals surface area contributed by atoms with Gasteiger partial charge in [0.25, 0.3) is 0 Å². The molecule has 1 saturated heterocycles. The number of benzene rings is 1. The lowest BCUT2D eigenvalue weighted by Crippen LogP contribution is -2.43. The van der Waals surface area contributed by atoms with E-state index in [-0.39, 0.29) is 23.6 Å². The van der Waals surface area contributed by atoms with Gasteiger partial charge in [0.15, 0.2) is 9.84 Å². The molecule has 22 heavy (non-hydrogen) atoms. The third kappa shape index (κ3) is 4.96. The summed E-state index contributed by atoms with van der Waals surface area (Å²) in [5.41, 5.74) is -0.400. The standard InChI is InChI=1S/C14H19F3N2O2S/c15-14(16,17)13-4-2-1-3-12(13)11-18-5-6-19-7-9-22(20,21)10-8-19/h1-4,18H,5-11H2. The molecule has 0 aliphatic carbocycles. The van der Waals surface area contributed by atoms with Crippen molar-refractivity contribution in [2.45, 2.75) is 12.7 Å². The number of hydrogen-bond donors (Lipinski definition) is 1. The maximum Gasteiger partial charge on any atom is 0.416 e. The van der Waals surface area contributed by atoms with Crippen molar-refractivity contribution in [3.05, 3.63) is 35.4 Å². The Labute approximate surface area is 128 Å². The van der Waals surface area contributed by atoms with Crippen molar-refractivity contribution in [1.82, 2.24) is 10.2 Å². The van der Waals surface area contributed by atoms with Crippen molar-refractivity contribution in [2.24, 2.45) is 0 Å². The van der Waals surface area contributed by atoms with Gasteiger partial charge < -0.3 is 10.2 Å². The van der Waals surface area contributed by atoms with Crippen LogP contribution in [0.2, 0.25) is 0 Å². The fourth-order valence-electron chi connectivity index (χ4n) is 2.39. The lowest BCUT2D eigenvalue weighted by Gasteiger charge is -2.26. The molecule has 0 bridgehead atoms. The van der Waals surface area contributed by atoms with Gasteiger partial charge in [-0.2, -0.15) is 13.2 Å². The van der Waals surface area contributed by atoms with Gasteiger partial charge in [0.1, 0.15) is 0 Å². The summed E-state index contributed by atoms with van der Waals surface area (Å²) in [6, 6.07) is 5.50. The maximum absolute atomic E-state index is 12.8. The lowest BCUT2D eigenvalue weighted by atomic mass is 10.1. The van der Waals surface area contributed by atoms with Crippen LogP contribution in [0.15, 0.2) is 24.3 Å². The third-order valence-corrected chi connectivity index (χ3v) is 5.29. The Hall–Kier alpha value is -1.12. The van der Waals surface area contributed by atoms with E-state index in [1.807, 2.05) is 4.90 Å². The largest absolute Gasteiger partial charge is 0.416 e. The summed E-state index contributed by atoms with van der Waals surface area (Å²) >= 11 is 0. The minimum atomic E-state index is -4.35. The van der Waals surface area contributed by atoms with Crippen LogP contribution in [0.4, 0.5) is 13.2 Å². The SMILES string of the molecule is O=S1(=O)CCN(CCNCc2ccccc2C(F)(F)F)CC1. The van der Waals surface area contributed by atoms with Crippen molar-refractivity contribution >= 4 is 9.84 Å². The predicted molar refractivity (Wildman–Crippen MR) is 78.2 cm³/mol. The molecule has 1 heterocycles. The van der Waals surface area contributed by atoms with Crippen LogP contribution in [0, 0.1) is 0 Å². The molecule has 1 aromatic rings. The van der Waals surface area contributed by atoms with Crippen LogP contribution >= 0.6 is 0 Å². The third-order valence-electron chi connectivity index (χ3n) is 3.68. The van der Waals surface area contributed by atoms with Crippen LogP contribution in [0.25, 0.3) is 0 Å². The van der Waals surface area contributed by atoms with Crippen molar-refractivity contribution < 1.29 is 21.6 Å². The van der Waals surface area contributed by atoms with Crippen molar-refractivity contribution in [1.29, 1.82) is 0 Å². The van der Waals surface area contributed by atoms with E-state index in [0.717, 1.165) is 6.07 Å². The molecule has 0 atom stereocenters. The Morgan fingerprint density at radius 1 is 1.14 bits per heavy atom. The van der Waals surface area contributed by atoms with Gasteiger partial charge in [-0.15, -0.1) is 0 Å². The summed E-state index contributed by atoms with van der Waals surface area (Å²) in [7, 11) is -2.90. The highest BCUT2D eigenvalue weighted by atomic mass is 32.2. The molecule has 0 spiro atoms. The number of alkyl halides is 3. The second kappa shape index (κ2) is 6.97. The van der Waals surface area contributed by atoms with Gasteiger partial charge in [0.05, 0.1) is 17.1 Å². The second-order valence-corrected chi connectivity index (χ2v) is 7.63. The summed E-state index contributed by atoms with van der Waals surface area (Å²) in [4.78, 5) is 2.00. The van der Waals surface area contributed by atoms with Gasteiger partial charge in [-0.05, 0) is 11.6 Å². The van der Waals surface area contributed by atoms with Gasteiger partial charge in [-0.3, -0.25) is 0 Å². The molecule has 1 N–H and O–H groups in total. The van der Waals surface area contributed by atoms with Crippen LogP contribution < -0.4 is 5.32 Å². The van der Waals surface area contributed by atoms with Gasteiger partial charge in [-0.25, -0.2) is 8.42 Å². The fraction of sp³-hybridized carbons (Fsp3) is 0.571. The number of nitrogens with one attached hydrogen (secondary N) is 1. The average molecular weight is 336 g/mol. The maximum atomic E-state index is 12.8. The van der Waals surface area contributed by atoms with Crippen LogP contribution in [0.1, 0.15) is 11.1 Å². The number of halogens is 3. The molecule has 1 aromatic carbocycles. The first kappa shape index (κ1) is 17.2. The molecule has 1 aliphatic rings. The van der Waals surface area contributed by atoms with Crippen LogP contribution in [-0.4, -0.2) is 51.0 Å². The van der Waals surface area contributed by atoms with E-state index in [4.69, 9.17) is 0 Å². The Kier molecular flexibility index (Phi) is 5.46. The molecule has 0 saturated carbocycles. The molecule has 2 rings (SSSR count). The molecule has 1 aliphatic heterocycles. The second-order valence-electron chi connectivity index (χ2n) is 5.33. The van der Waals surface area contributed by atoms with Crippen LogP contribution in [0.5, 0.6) is 0 Å². The van der Waals surface area contributed by atoms with E-state index >= 15 is 0 Å². The van der Waals surface area contributed by atoms with Crippen LogP contribution in [0.3, 0.4) is 0 Å². The summed E-state index contributed by atoms with van der Waals surface area (Å²) in [5, 5.41) is 2.99. The first-order valence-electron chi connectivity index (χ1n) is 7.06. The number of nitrogens with zero attached hydrogens (tertiary/aromatic N) is 1. The Bertz CT molecular complexity index is 588. The number of hydrogen-bond acceptors (Lipinski definition) is 4. The van der Waals surface area contributed by atoms with Crippen molar-refractivity contribution in [2.75, 3.05) is 37.7 Å². The zero-order valence-electron chi connectivity index (χ0n) is 12.1. The van der Waals surface area contributed by atoms with Crippen LogP contribution in [-0.2, 0) is 22.6 Å². The minimum absolute atomic E-state index is 0.141. The topological polar surface area (TPSA) is 49.4 Å². The van der Waals surface area contributed by atoms with Crippen molar-refractivity contribution in [3.8, 4) is 0 Å². The molecule has 0 amide bonds. The normalized spacial score (nSPS) is 19.2. The van der Waals surface area contributed by atoms with Gasteiger partial charge in [-0.1, -0.05) is 18.2 Å². The highest BCUT2D eigenvalue weighted by Crippen LogP contribution is 2.31. The molecular formula is C14H19F3N2O2S. The van der Waals surface area contributed by atoms with E-state index in [0.29, 0.717) is 26.2 Å². The predicted octanol–water partition coefficient (Wildman–Crippen LogP) is 1.53. The Morgan fingerprint density at radius 2 is 1.77 bits per heavy atom. The monoisotopic (exact) mass is 336 g/mol. The quantitative estimate of drug-likeness (QED) is 0.829. The zero-order valence-corrected chi connectivity index (χ0v) is 12.9. The Balaban J connectivity index is 1.78. The molecule has 0 unspecified atom stereocenters. The summed E-state index contributed by atoms with van der Waals surface area (Å²) in [6.07, 6.45) is -4.35. The molecular weight excluding hydrogens is 317 g/mol. The molecule has 124 valence electrons. The van der Waals surface area contributed by atoms with E-state index in [9.17, 15) is 21.6 Å². The summed E-state index contributed by atoms with van der Waals surface area (Å²) in [6.45, 7) is 2.27. The van der Waals surface area contributed by atoms with E-state index < -0.39 is 21.6 Å². The van der Waals surface area contributed by atoms with E-state index in [2.05, 4.69) is 5.32 Å². The average Bonchev–Trinajstić information content (AvgIpc) is 2.44. The highest BCUT2D eigenvalue weighted by molar-refractivity contribution is 7.91. The summed E-state index contributed by atoms with van der Waals surface area (Å²) < 4.78 is 61.1. The minimum Gasteiger partial charge on any atom is -0.311 e. The lowest BCUT2D eigenvalue weighted by molar-refractivity contribution is -0.138.